The topological polar surface area (TPSA) is 45.7 Å². The first-order chi connectivity index (χ1) is 10.2. The third-order valence-corrected chi connectivity index (χ3v) is 2.85. The minimum absolute atomic E-state index is 0.307. The summed E-state index contributed by atoms with van der Waals surface area (Å²) in [5.41, 5.74) is 0. The van der Waals surface area contributed by atoms with Crippen LogP contribution in [0.1, 0.15) is 26.2 Å². The number of nitrogens with zero attached hydrogens (tertiary/aromatic N) is 1. The molecule has 0 fully saturated rings. The van der Waals surface area contributed by atoms with Gasteiger partial charge in [-0.1, -0.05) is 19.8 Å². The Bertz CT molecular complexity index is 453. The van der Waals surface area contributed by atoms with Gasteiger partial charge >= 0.3 is 0 Å². The van der Waals surface area contributed by atoms with Gasteiger partial charge < -0.3 is 15.4 Å². The van der Waals surface area contributed by atoms with Crippen LogP contribution in [-0.2, 0) is 0 Å². The van der Waals surface area contributed by atoms with E-state index in [9.17, 15) is 8.78 Å². The van der Waals surface area contributed by atoms with E-state index in [0.29, 0.717) is 24.9 Å². The summed E-state index contributed by atoms with van der Waals surface area (Å²) in [7, 11) is 1.70. The molecule has 0 saturated heterocycles. The maximum absolute atomic E-state index is 13.0. The number of halogens is 2. The van der Waals surface area contributed by atoms with Crippen molar-refractivity contribution in [3.8, 4) is 5.75 Å². The smallest absolute Gasteiger partial charge is 0.191 e. The summed E-state index contributed by atoms with van der Waals surface area (Å²) in [6.45, 7) is 3.88. The Morgan fingerprint density at radius 3 is 2.57 bits per heavy atom. The first kappa shape index (κ1) is 17.2. The third-order valence-electron chi connectivity index (χ3n) is 2.85. The Morgan fingerprint density at radius 1 is 1.14 bits per heavy atom. The Balaban J connectivity index is 2.21. The summed E-state index contributed by atoms with van der Waals surface area (Å²) in [4.78, 5) is 4.09. The van der Waals surface area contributed by atoms with Crippen molar-refractivity contribution in [1.29, 1.82) is 0 Å². The van der Waals surface area contributed by atoms with E-state index >= 15 is 0 Å². The predicted molar refractivity (Wildman–Crippen MR) is 80.7 cm³/mol. The summed E-state index contributed by atoms with van der Waals surface area (Å²) in [5.74, 6) is -0.771. The third kappa shape index (κ3) is 6.92. The zero-order valence-corrected chi connectivity index (χ0v) is 12.6. The van der Waals surface area contributed by atoms with Gasteiger partial charge in [0, 0.05) is 19.7 Å². The molecule has 0 aliphatic carbocycles. The van der Waals surface area contributed by atoms with Crippen molar-refractivity contribution in [2.45, 2.75) is 26.2 Å². The molecule has 0 unspecified atom stereocenters. The first-order valence-corrected chi connectivity index (χ1v) is 7.19. The van der Waals surface area contributed by atoms with E-state index < -0.39 is 11.6 Å². The Morgan fingerprint density at radius 2 is 1.90 bits per heavy atom. The largest absolute Gasteiger partial charge is 0.492 e. The quantitative estimate of drug-likeness (QED) is 0.441. The van der Waals surface area contributed by atoms with Gasteiger partial charge in [-0.15, -0.1) is 0 Å². The molecule has 6 heteroatoms. The molecule has 118 valence electrons. The molecule has 1 aromatic carbocycles. The van der Waals surface area contributed by atoms with Gasteiger partial charge in [0.1, 0.15) is 12.4 Å². The second-order valence-electron chi connectivity index (χ2n) is 4.56. The molecular formula is C15H23F2N3O. The van der Waals surface area contributed by atoms with E-state index in [0.717, 1.165) is 25.1 Å². The number of hydrogen-bond donors (Lipinski definition) is 2. The van der Waals surface area contributed by atoms with E-state index in [1.54, 1.807) is 7.05 Å². The predicted octanol–water partition coefficient (Wildman–Crippen LogP) is 2.70. The Hall–Kier alpha value is -1.85. The highest BCUT2D eigenvalue weighted by molar-refractivity contribution is 5.79. The SMILES string of the molecule is CCCCCNC(=NC)NCCOc1ccc(F)c(F)c1. The highest BCUT2D eigenvalue weighted by Gasteiger charge is 2.03. The molecule has 0 saturated carbocycles. The fourth-order valence-electron chi connectivity index (χ4n) is 1.71. The van der Waals surface area contributed by atoms with Crippen molar-refractivity contribution in [3.63, 3.8) is 0 Å². The van der Waals surface area contributed by atoms with E-state index in [1.165, 1.54) is 18.9 Å². The van der Waals surface area contributed by atoms with Crippen molar-refractivity contribution in [2.75, 3.05) is 26.7 Å². The lowest BCUT2D eigenvalue weighted by molar-refractivity contribution is 0.318. The highest BCUT2D eigenvalue weighted by Crippen LogP contribution is 2.14. The molecule has 0 atom stereocenters. The monoisotopic (exact) mass is 299 g/mol. The van der Waals surface area contributed by atoms with Crippen LogP contribution < -0.4 is 15.4 Å². The summed E-state index contributed by atoms with van der Waals surface area (Å²) in [6, 6.07) is 3.48. The average molecular weight is 299 g/mol. The van der Waals surface area contributed by atoms with Crippen molar-refractivity contribution in [1.82, 2.24) is 10.6 Å². The molecule has 0 aliphatic rings. The molecule has 0 spiro atoms. The normalized spacial score (nSPS) is 11.3. The van der Waals surface area contributed by atoms with E-state index in [1.807, 2.05) is 0 Å². The summed E-state index contributed by atoms with van der Waals surface area (Å²) in [6.07, 6.45) is 3.46. The maximum atomic E-state index is 13.0. The lowest BCUT2D eigenvalue weighted by atomic mass is 10.2. The fraction of sp³-hybridized carbons (Fsp3) is 0.533. The van der Waals surface area contributed by atoms with Crippen LogP contribution >= 0.6 is 0 Å². The molecule has 2 N–H and O–H groups in total. The summed E-state index contributed by atoms with van der Waals surface area (Å²) < 4.78 is 31.0. The molecule has 0 aliphatic heterocycles. The van der Waals surface area contributed by atoms with Gasteiger partial charge in [0.05, 0.1) is 6.54 Å². The zero-order chi connectivity index (χ0) is 15.5. The zero-order valence-electron chi connectivity index (χ0n) is 12.6. The van der Waals surface area contributed by atoms with Crippen LogP contribution in [0, 0.1) is 11.6 Å². The number of guanidine groups is 1. The number of unbranched alkanes of at least 4 members (excludes halogenated alkanes) is 2. The molecule has 0 aromatic heterocycles. The fourth-order valence-corrected chi connectivity index (χ4v) is 1.71. The molecule has 0 bridgehead atoms. The Labute approximate surface area is 124 Å². The van der Waals surface area contributed by atoms with Crippen LogP contribution in [0.25, 0.3) is 0 Å². The number of nitrogens with one attached hydrogen (secondary N) is 2. The van der Waals surface area contributed by atoms with E-state index in [-0.39, 0.29) is 0 Å². The van der Waals surface area contributed by atoms with E-state index in [4.69, 9.17) is 4.74 Å². The van der Waals surface area contributed by atoms with Crippen molar-refractivity contribution < 1.29 is 13.5 Å². The first-order valence-electron chi connectivity index (χ1n) is 7.19. The molecule has 1 rings (SSSR count). The minimum Gasteiger partial charge on any atom is -0.492 e. The maximum Gasteiger partial charge on any atom is 0.191 e. The molecule has 0 amide bonds. The van der Waals surface area contributed by atoms with Crippen LogP contribution in [0.15, 0.2) is 23.2 Å². The molecule has 0 radical (unpaired) electrons. The average Bonchev–Trinajstić information content (AvgIpc) is 2.49. The molecular weight excluding hydrogens is 276 g/mol. The Kier molecular flexibility index (Phi) is 8.16. The molecule has 1 aromatic rings. The van der Waals surface area contributed by atoms with Gasteiger partial charge in [0.2, 0.25) is 0 Å². The van der Waals surface area contributed by atoms with Crippen LogP contribution in [-0.4, -0.2) is 32.7 Å². The minimum atomic E-state index is -0.908. The lowest BCUT2D eigenvalue weighted by Crippen LogP contribution is -2.39. The summed E-state index contributed by atoms with van der Waals surface area (Å²) in [5, 5.41) is 6.28. The number of rotatable bonds is 8. The van der Waals surface area contributed by atoms with Crippen molar-refractivity contribution in [3.05, 3.63) is 29.8 Å². The lowest BCUT2D eigenvalue weighted by Gasteiger charge is -2.12. The standard InChI is InChI=1S/C15H23F2N3O/c1-3-4-5-8-19-15(18-2)20-9-10-21-12-6-7-13(16)14(17)11-12/h6-7,11H,3-5,8-10H2,1-2H3,(H2,18,19,20). The summed E-state index contributed by atoms with van der Waals surface area (Å²) >= 11 is 0. The van der Waals surface area contributed by atoms with Gasteiger partial charge in [0.25, 0.3) is 0 Å². The van der Waals surface area contributed by atoms with Crippen molar-refractivity contribution >= 4 is 5.96 Å². The molecule has 0 heterocycles. The van der Waals surface area contributed by atoms with Gasteiger partial charge in [-0.25, -0.2) is 8.78 Å². The van der Waals surface area contributed by atoms with Crippen LogP contribution in [0.5, 0.6) is 5.75 Å². The second kappa shape index (κ2) is 9.96. The van der Waals surface area contributed by atoms with Crippen LogP contribution in [0.3, 0.4) is 0 Å². The molecule has 4 nitrogen and oxygen atoms in total. The highest BCUT2D eigenvalue weighted by atomic mass is 19.2. The van der Waals surface area contributed by atoms with Gasteiger partial charge in [-0.3, -0.25) is 4.99 Å². The second-order valence-corrected chi connectivity index (χ2v) is 4.56. The van der Waals surface area contributed by atoms with E-state index in [2.05, 4.69) is 22.5 Å². The molecule has 21 heavy (non-hydrogen) atoms. The van der Waals surface area contributed by atoms with Crippen LogP contribution in [0.2, 0.25) is 0 Å². The van der Waals surface area contributed by atoms with Gasteiger partial charge in [-0.2, -0.15) is 0 Å². The number of aliphatic imine (C=N–C) groups is 1. The number of hydrogen-bond acceptors (Lipinski definition) is 2. The van der Waals surface area contributed by atoms with Crippen molar-refractivity contribution in [2.24, 2.45) is 4.99 Å². The van der Waals surface area contributed by atoms with Gasteiger partial charge in [-0.05, 0) is 18.6 Å². The number of ether oxygens (including phenoxy) is 1. The number of benzene rings is 1. The van der Waals surface area contributed by atoms with Gasteiger partial charge in [0.15, 0.2) is 17.6 Å². The van der Waals surface area contributed by atoms with Crippen LogP contribution in [0.4, 0.5) is 8.78 Å².